The van der Waals surface area contributed by atoms with Crippen molar-refractivity contribution in [3.8, 4) is 0 Å². The Labute approximate surface area is 117 Å². The Hall–Kier alpha value is -0.120. The molecule has 4 aliphatic heterocycles. The van der Waals surface area contributed by atoms with Crippen LogP contribution in [0, 0.1) is 11.8 Å². The lowest BCUT2D eigenvalue weighted by Crippen LogP contribution is -2.52. The van der Waals surface area contributed by atoms with Gasteiger partial charge in [0.05, 0.1) is 0 Å². The SMILES string of the molecule is C1CNC(C2CCCN(C3CCN4CCC3C4)C2)C1. The molecule has 0 saturated carbocycles. The first-order valence-electron chi connectivity index (χ1n) is 8.60. The highest BCUT2D eigenvalue weighted by Gasteiger charge is 2.39. The van der Waals surface area contributed by atoms with Crippen molar-refractivity contribution in [2.45, 2.75) is 50.6 Å². The van der Waals surface area contributed by atoms with E-state index in [0.29, 0.717) is 0 Å². The third-order valence-corrected chi connectivity index (χ3v) is 6.22. The first-order valence-corrected chi connectivity index (χ1v) is 8.60. The summed E-state index contributed by atoms with van der Waals surface area (Å²) in [7, 11) is 0. The Morgan fingerprint density at radius 2 is 1.74 bits per heavy atom. The Morgan fingerprint density at radius 1 is 0.789 bits per heavy atom. The van der Waals surface area contributed by atoms with Gasteiger partial charge in [0.1, 0.15) is 0 Å². The van der Waals surface area contributed by atoms with Gasteiger partial charge in [0.2, 0.25) is 0 Å². The lowest BCUT2D eigenvalue weighted by atomic mass is 9.85. The maximum atomic E-state index is 3.75. The highest BCUT2D eigenvalue weighted by molar-refractivity contribution is 4.95. The first-order chi connectivity index (χ1) is 9.40. The molecule has 0 radical (unpaired) electrons. The Kier molecular flexibility index (Phi) is 3.55. The maximum absolute atomic E-state index is 3.75. The third kappa shape index (κ3) is 2.45. The number of nitrogens with zero attached hydrogens (tertiary/aromatic N) is 2. The van der Waals surface area contributed by atoms with E-state index in [9.17, 15) is 0 Å². The summed E-state index contributed by atoms with van der Waals surface area (Å²) in [4.78, 5) is 5.57. The second kappa shape index (κ2) is 5.34. The monoisotopic (exact) mass is 263 g/mol. The Morgan fingerprint density at radius 3 is 2.63 bits per heavy atom. The minimum atomic E-state index is 0.839. The molecule has 3 nitrogen and oxygen atoms in total. The van der Waals surface area contributed by atoms with Crippen LogP contribution in [0.3, 0.4) is 0 Å². The molecule has 19 heavy (non-hydrogen) atoms. The molecule has 4 saturated heterocycles. The van der Waals surface area contributed by atoms with Gasteiger partial charge in [-0.1, -0.05) is 0 Å². The zero-order chi connectivity index (χ0) is 12.7. The van der Waals surface area contributed by atoms with Crippen LogP contribution in [0.25, 0.3) is 0 Å². The number of likely N-dealkylation sites (tertiary alicyclic amines) is 1. The average Bonchev–Trinajstić information content (AvgIpc) is 3.10. The molecule has 4 fully saturated rings. The summed E-state index contributed by atoms with van der Waals surface area (Å²) in [5, 5.41) is 3.75. The van der Waals surface area contributed by atoms with Crippen LogP contribution in [0.15, 0.2) is 0 Å². The van der Waals surface area contributed by atoms with Crippen LogP contribution in [0.5, 0.6) is 0 Å². The Balaban J connectivity index is 1.40. The van der Waals surface area contributed by atoms with E-state index in [1.165, 1.54) is 77.8 Å². The summed E-state index contributed by atoms with van der Waals surface area (Å²) in [6.45, 7) is 8.17. The molecule has 5 atom stereocenters. The normalized spacial score (nSPS) is 47.7. The van der Waals surface area contributed by atoms with Crippen LogP contribution < -0.4 is 5.32 Å². The highest BCUT2D eigenvalue weighted by atomic mass is 15.2. The summed E-state index contributed by atoms with van der Waals surface area (Å²) in [5.41, 5.74) is 0. The van der Waals surface area contributed by atoms with Crippen LogP contribution in [-0.4, -0.2) is 61.2 Å². The average molecular weight is 263 g/mol. The van der Waals surface area contributed by atoms with Gasteiger partial charge in [-0.2, -0.15) is 0 Å². The summed E-state index contributed by atoms with van der Waals surface area (Å²) >= 11 is 0. The minimum absolute atomic E-state index is 0.839. The van der Waals surface area contributed by atoms with Gasteiger partial charge in [0, 0.05) is 25.2 Å². The van der Waals surface area contributed by atoms with Gasteiger partial charge in [-0.15, -0.1) is 0 Å². The van der Waals surface area contributed by atoms with Crippen molar-refractivity contribution < 1.29 is 0 Å². The maximum Gasteiger partial charge on any atom is 0.0148 e. The number of rotatable bonds is 2. The van der Waals surface area contributed by atoms with Gasteiger partial charge in [-0.3, -0.25) is 4.90 Å². The molecule has 108 valence electrons. The minimum Gasteiger partial charge on any atom is -0.314 e. The fourth-order valence-electron chi connectivity index (χ4n) is 5.19. The van der Waals surface area contributed by atoms with E-state index in [0.717, 1.165) is 23.9 Å². The van der Waals surface area contributed by atoms with Crippen molar-refractivity contribution in [1.82, 2.24) is 15.1 Å². The molecule has 4 aliphatic rings. The molecule has 0 aromatic carbocycles. The van der Waals surface area contributed by atoms with E-state index in [1.54, 1.807) is 0 Å². The fourth-order valence-corrected chi connectivity index (χ4v) is 5.19. The third-order valence-electron chi connectivity index (χ3n) is 6.22. The van der Waals surface area contributed by atoms with Gasteiger partial charge in [0.25, 0.3) is 0 Å². The second-order valence-corrected chi connectivity index (χ2v) is 7.31. The summed E-state index contributed by atoms with van der Waals surface area (Å²) < 4.78 is 0. The lowest BCUT2D eigenvalue weighted by molar-refractivity contribution is 0.0532. The first kappa shape index (κ1) is 12.6. The summed E-state index contributed by atoms with van der Waals surface area (Å²) in [5.74, 6) is 1.93. The van der Waals surface area contributed by atoms with Gasteiger partial charge in [-0.05, 0) is 76.5 Å². The highest BCUT2D eigenvalue weighted by Crippen LogP contribution is 2.34. The van der Waals surface area contributed by atoms with Gasteiger partial charge in [-0.25, -0.2) is 0 Å². The molecule has 3 heteroatoms. The molecule has 0 aromatic rings. The number of nitrogens with one attached hydrogen (secondary N) is 1. The van der Waals surface area contributed by atoms with E-state index < -0.39 is 0 Å². The van der Waals surface area contributed by atoms with Crippen LogP contribution in [0.1, 0.15) is 38.5 Å². The molecule has 0 spiro atoms. The standard InChI is InChI=1S/C16H29N3/c1-4-15(17-7-1)13-3-2-8-19(12-13)16-6-10-18-9-5-14(16)11-18/h13-17H,1-12H2. The molecule has 0 amide bonds. The number of fused-ring (bicyclic) bond motifs is 2. The topological polar surface area (TPSA) is 18.5 Å². The quantitative estimate of drug-likeness (QED) is 0.815. The van der Waals surface area contributed by atoms with Gasteiger partial charge < -0.3 is 10.2 Å². The van der Waals surface area contributed by atoms with E-state index >= 15 is 0 Å². The largest absolute Gasteiger partial charge is 0.314 e. The predicted octanol–water partition coefficient (Wildman–Crippen LogP) is 1.54. The number of piperidine rings is 2. The van der Waals surface area contributed by atoms with Crippen LogP contribution in [-0.2, 0) is 0 Å². The molecule has 1 N–H and O–H groups in total. The van der Waals surface area contributed by atoms with Crippen molar-refractivity contribution in [2.75, 3.05) is 39.3 Å². The van der Waals surface area contributed by atoms with Gasteiger partial charge in [0.15, 0.2) is 0 Å². The zero-order valence-corrected chi connectivity index (χ0v) is 12.2. The van der Waals surface area contributed by atoms with Crippen LogP contribution >= 0.6 is 0 Å². The van der Waals surface area contributed by atoms with Crippen molar-refractivity contribution in [3.05, 3.63) is 0 Å². The van der Waals surface area contributed by atoms with E-state index in [2.05, 4.69) is 15.1 Å². The molecule has 0 aromatic heterocycles. The zero-order valence-electron chi connectivity index (χ0n) is 12.2. The molecule has 0 aliphatic carbocycles. The molecular formula is C16H29N3. The molecule has 2 bridgehead atoms. The smallest absolute Gasteiger partial charge is 0.0148 e. The van der Waals surface area contributed by atoms with E-state index in [1.807, 2.05) is 0 Å². The number of hydrogen-bond acceptors (Lipinski definition) is 3. The molecule has 4 heterocycles. The van der Waals surface area contributed by atoms with Crippen molar-refractivity contribution in [2.24, 2.45) is 11.8 Å². The van der Waals surface area contributed by atoms with Crippen molar-refractivity contribution >= 4 is 0 Å². The molecular weight excluding hydrogens is 234 g/mol. The lowest BCUT2D eigenvalue weighted by Gasteiger charge is -2.44. The van der Waals surface area contributed by atoms with E-state index in [4.69, 9.17) is 0 Å². The predicted molar refractivity (Wildman–Crippen MR) is 78.3 cm³/mol. The van der Waals surface area contributed by atoms with Crippen molar-refractivity contribution in [3.63, 3.8) is 0 Å². The van der Waals surface area contributed by atoms with Crippen LogP contribution in [0.2, 0.25) is 0 Å². The van der Waals surface area contributed by atoms with Crippen LogP contribution in [0.4, 0.5) is 0 Å². The van der Waals surface area contributed by atoms with E-state index in [-0.39, 0.29) is 0 Å². The fraction of sp³-hybridized carbons (Fsp3) is 1.00. The van der Waals surface area contributed by atoms with Gasteiger partial charge >= 0.3 is 0 Å². The van der Waals surface area contributed by atoms with Crippen molar-refractivity contribution in [1.29, 1.82) is 0 Å². The second-order valence-electron chi connectivity index (χ2n) is 7.31. The Bertz CT molecular complexity index is 313. The summed E-state index contributed by atoms with van der Waals surface area (Å²) in [6.07, 6.45) is 8.65. The number of hydrogen-bond donors (Lipinski definition) is 1. The summed E-state index contributed by atoms with van der Waals surface area (Å²) in [6, 6.07) is 1.76. The molecule has 5 unspecified atom stereocenters. The molecule has 4 rings (SSSR count).